The molecule has 0 radical (unpaired) electrons. The van der Waals surface area contributed by atoms with Gasteiger partial charge < -0.3 is 15.1 Å². The monoisotopic (exact) mass is 322 g/mol. The van der Waals surface area contributed by atoms with E-state index in [1.807, 2.05) is 36.2 Å². The van der Waals surface area contributed by atoms with Crippen molar-refractivity contribution in [2.75, 3.05) is 27.7 Å². The lowest BCUT2D eigenvalue weighted by molar-refractivity contribution is -0.127. The number of carbonyl (C=O) groups excluding carboxylic acids is 1. The summed E-state index contributed by atoms with van der Waals surface area (Å²) in [5.74, 6) is 0.735. The van der Waals surface area contributed by atoms with Crippen LogP contribution in [0.25, 0.3) is 0 Å². The summed E-state index contributed by atoms with van der Waals surface area (Å²) in [6.45, 7) is 0.795. The quantitative estimate of drug-likeness (QED) is 0.666. The molecular weight excluding hydrogens is 300 g/mol. The van der Waals surface area contributed by atoms with Crippen LogP contribution in [0.15, 0.2) is 29.3 Å². The maximum absolute atomic E-state index is 11.7. The number of halogens is 1. The Morgan fingerprint density at radius 3 is 2.59 bits per heavy atom. The maximum Gasteiger partial charge on any atom is 0.243 e. The fourth-order valence-corrected chi connectivity index (χ4v) is 2.12. The van der Waals surface area contributed by atoms with Crippen molar-refractivity contribution in [1.82, 2.24) is 15.1 Å². The molecule has 2 rings (SSSR count). The van der Waals surface area contributed by atoms with Gasteiger partial charge in [-0.2, -0.15) is 0 Å². The van der Waals surface area contributed by atoms with Crippen LogP contribution in [0, 0.1) is 0 Å². The second-order valence-electron chi connectivity index (χ2n) is 5.79. The van der Waals surface area contributed by atoms with Crippen molar-refractivity contribution in [3.8, 4) is 0 Å². The van der Waals surface area contributed by atoms with Crippen LogP contribution in [-0.4, -0.2) is 55.4 Å². The van der Waals surface area contributed by atoms with Gasteiger partial charge in [0.15, 0.2) is 5.96 Å². The third kappa shape index (κ3) is 4.91. The van der Waals surface area contributed by atoms with E-state index in [1.54, 1.807) is 19.0 Å². The van der Waals surface area contributed by atoms with Gasteiger partial charge in [-0.25, -0.2) is 4.99 Å². The highest BCUT2D eigenvalue weighted by molar-refractivity contribution is 6.31. The Balaban J connectivity index is 2.05. The molecule has 1 fully saturated rings. The van der Waals surface area contributed by atoms with Crippen molar-refractivity contribution in [3.63, 3.8) is 0 Å². The minimum Gasteiger partial charge on any atom is -0.353 e. The summed E-state index contributed by atoms with van der Waals surface area (Å²) in [7, 11) is 5.43. The van der Waals surface area contributed by atoms with Gasteiger partial charge in [0.2, 0.25) is 5.91 Å². The molecule has 0 unspecified atom stereocenters. The van der Waals surface area contributed by atoms with Crippen molar-refractivity contribution < 1.29 is 4.79 Å². The van der Waals surface area contributed by atoms with Gasteiger partial charge >= 0.3 is 0 Å². The van der Waals surface area contributed by atoms with Gasteiger partial charge in [0.25, 0.3) is 0 Å². The second-order valence-corrected chi connectivity index (χ2v) is 6.20. The molecule has 5 nitrogen and oxygen atoms in total. The molecule has 120 valence electrons. The van der Waals surface area contributed by atoms with E-state index in [0.29, 0.717) is 12.6 Å². The number of likely N-dealkylation sites (N-methyl/N-ethyl adjacent to an activating group) is 1. The largest absolute Gasteiger partial charge is 0.353 e. The molecule has 6 heteroatoms. The van der Waals surface area contributed by atoms with Crippen molar-refractivity contribution in [2.45, 2.75) is 25.4 Å². The van der Waals surface area contributed by atoms with Crippen LogP contribution >= 0.6 is 11.6 Å². The van der Waals surface area contributed by atoms with E-state index in [0.717, 1.165) is 29.4 Å². The molecule has 0 atom stereocenters. The topological polar surface area (TPSA) is 47.9 Å². The Morgan fingerprint density at radius 1 is 1.32 bits per heavy atom. The molecule has 1 aromatic carbocycles. The molecule has 1 saturated carbocycles. The number of amides is 1. The Morgan fingerprint density at radius 2 is 2.00 bits per heavy atom. The maximum atomic E-state index is 11.7. The molecule has 1 aliphatic rings. The number of aliphatic imine (C=N–C) groups is 1. The van der Waals surface area contributed by atoms with Gasteiger partial charge in [-0.1, -0.05) is 29.8 Å². The fourth-order valence-electron chi connectivity index (χ4n) is 1.93. The lowest BCUT2D eigenvalue weighted by atomic mass is 10.2. The van der Waals surface area contributed by atoms with E-state index in [9.17, 15) is 4.79 Å². The summed E-state index contributed by atoms with van der Waals surface area (Å²) in [6, 6.07) is 8.24. The molecule has 1 N–H and O–H groups in total. The van der Waals surface area contributed by atoms with Crippen LogP contribution in [0.3, 0.4) is 0 Å². The zero-order valence-corrected chi connectivity index (χ0v) is 14.1. The first-order valence-electron chi connectivity index (χ1n) is 7.43. The number of carbonyl (C=O) groups is 1. The van der Waals surface area contributed by atoms with E-state index in [4.69, 9.17) is 11.6 Å². The standard InChI is InChI=1S/C16H23ClN4O/c1-20(2)15(22)10-18-16(19-13-8-9-13)21(3)11-12-6-4-5-7-14(12)17/h4-7,13H,8-11H2,1-3H3,(H,18,19). The molecule has 0 aromatic heterocycles. The van der Waals surface area contributed by atoms with Crippen molar-refractivity contribution in [2.24, 2.45) is 4.99 Å². The normalized spacial score (nSPS) is 14.6. The van der Waals surface area contributed by atoms with Crippen LogP contribution in [0.2, 0.25) is 5.02 Å². The minimum atomic E-state index is -0.0127. The Kier molecular flexibility index (Phi) is 5.66. The van der Waals surface area contributed by atoms with E-state index >= 15 is 0 Å². The van der Waals surface area contributed by atoms with Crippen LogP contribution in [-0.2, 0) is 11.3 Å². The number of nitrogens with one attached hydrogen (secondary N) is 1. The van der Waals surface area contributed by atoms with Crippen LogP contribution in [0.5, 0.6) is 0 Å². The molecule has 0 spiro atoms. The SMILES string of the molecule is CN(C)C(=O)CN=C(NC1CC1)N(C)Cc1ccccc1Cl. The number of rotatable bonds is 5. The fraction of sp³-hybridized carbons (Fsp3) is 0.500. The third-order valence-electron chi connectivity index (χ3n) is 3.50. The number of hydrogen-bond acceptors (Lipinski definition) is 2. The van der Waals surface area contributed by atoms with Crippen LogP contribution in [0.4, 0.5) is 0 Å². The third-order valence-corrected chi connectivity index (χ3v) is 3.87. The van der Waals surface area contributed by atoms with Crippen molar-refractivity contribution in [3.05, 3.63) is 34.9 Å². The molecule has 0 heterocycles. The van der Waals surface area contributed by atoms with Crippen molar-refractivity contribution >= 4 is 23.5 Å². The predicted molar refractivity (Wildman–Crippen MR) is 90.1 cm³/mol. The van der Waals surface area contributed by atoms with Crippen molar-refractivity contribution in [1.29, 1.82) is 0 Å². The highest BCUT2D eigenvalue weighted by Gasteiger charge is 2.24. The van der Waals surface area contributed by atoms with Gasteiger partial charge in [-0.3, -0.25) is 4.79 Å². The van der Waals surface area contributed by atoms with Gasteiger partial charge in [-0.05, 0) is 24.5 Å². The van der Waals surface area contributed by atoms with Gasteiger partial charge in [0.1, 0.15) is 6.54 Å². The Labute approximate surface area is 137 Å². The molecule has 1 aliphatic carbocycles. The van der Waals surface area contributed by atoms with E-state index < -0.39 is 0 Å². The molecule has 22 heavy (non-hydrogen) atoms. The lowest BCUT2D eigenvalue weighted by Gasteiger charge is -2.23. The summed E-state index contributed by atoms with van der Waals surface area (Å²) < 4.78 is 0. The first-order valence-corrected chi connectivity index (χ1v) is 7.81. The Bertz CT molecular complexity index is 555. The van der Waals surface area contributed by atoms with E-state index in [-0.39, 0.29) is 12.5 Å². The second kappa shape index (κ2) is 7.49. The first kappa shape index (κ1) is 16.6. The average Bonchev–Trinajstić information content (AvgIpc) is 3.29. The zero-order chi connectivity index (χ0) is 16.1. The summed E-state index contributed by atoms with van der Waals surface area (Å²) in [5.41, 5.74) is 1.04. The summed E-state index contributed by atoms with van der Waals surface area (Å²) >= 11 is 6.21. The molecular formula is C16H23ClN4O. The molecule has 0 bridgehead atoms. The van der Waals surface area contributed by atoms with Gasteiger partial charge in [0.05, 0.1) is 0 Å². The predicted octanol–water partition coefficient (Wildman–Crippen LogP) is 1.97. The number of nitrogens with zero attached hydrogens (tertiary/aromatic N) is 3. The average molecular weight is 323 g/mol. The highest BCUT2D eigenvalue weighted by Crippen LogP contribution is 2.20. The first-order chi connectivity index (χ1) is 10.5. The number of hydrogen-bond donors (Lipinski definition) is 1. The summed E-state index contributed by atoms with van der Waals surface area (Å²) in [6.07, 6.45) is 2.31. The number of benzene rings is 1. The van der Waals surface area contributed by atoms with Gasteiger partial charge in [-0.15, -0.1) is 0 Å². The zero-order valence-electron chi connectivity index (χ0n) is 13.3. The molecule has 1 aromatic rings. The summed E-state index contributed by atoms with van der Waals surface area (Å²) in [5, 5.41) is 4.13. The minimum absolute atomic E-state index is 0.0127. The molecule has 0 aliphatic heterocycles. The van der Waals surface area contributed by atoms with E-state index in [2.05, 4.69) is 10.3 Å². The summed E-state index contributed by atoms with van der Waals surface area (Å²) in [4.78, 5) is 19.7. The molecule has 1 amide bonds. The highest BCUT2D eigenvalue weighted by atomic mass is 35.5. The Hall–Kier alpha value is -1.75. The molecule has 0 saturated heterocycles. The lowest BCUT2D eigenvalue weighted by Crippen LogP contribution is -2.40. The van der Waals surface area contributed by atoms with Gasteiger partial charge in [0, 0.05) is 38.8 Å². The smallest absolute Gasteiger partial charge is 0.243 e. The van der Waals surface area contributed by atoms with E-state index in [1.165, 1.54) is 0 Å². The van der Waals surface area contributed by atoms with Crippen LogP contribution < -0.4 is 5.32 Å². The number of guanidine groups is 1. The van der Waals surface area contributed by atoms with Crippen LogP contribution in [0.1, 0.15) is 18.4 Å².